The van der Waals surface area contributed by atoms with Gasteiger partial charge in [0.15, 0.2) is 5.65 Å². The molecule has 1 amide bonds. The number of nitrogens with zero attached hydrogens (tertiary/aromatic N) is 4. The van der Waals surface area contributed by atoms with Crippen LogP contribution >= 0.6 is 0 Å². The van der Waals surface area contributed by atoms with Crippen molar-refractivity contribution in [2.45, 2.75) is 12.8 Å². The lowest BCUT2D eigenvalue weighted by Crippen LogP contribution is -2.24. The zero-order valence-corrected chi connectivity index (χ0v) is 13.9. The third-order valence-corrected chi connectivity index (χ3v) is 4.46. The minimum Gasteiger partial charge on any atom is -0.356 e. The van der Waals surface area contributed by atoms with Crippen LogP contribution in [0, 0.1) is 11.3 Å². The summed E-state index contributed by atoms with van der Waals surface area (Å²) in [5.41, 5.74) is 0.636. The van der Waals surface area contributed by atoms with Gasteiger partial charge in [0.2, 0.25) is 0 Å². The molecule has 3 aromatic rings. The van der Waals surface area contributed by atoms with Crippen molar-refractivity contribution in [2.75, 3.05) is 23.3 Å². The first-order valence-corrected chi connectivity index (χ1v) is 8.34. The SMILES string of the molecule is N#Cc1c(N2CCCC2)[nH]n2c(=O)c(NC(=O)c3ccccc3)cnc12. The van der Waals surface area contributed by atoms with E-state index in [0.717, 1.165) is 25.9 Å². The molecule has 8 heteroatoms. The molecule has 1 aliphatic heterocycles. The van der Waals surface area contributed by atoms with E-state index < -0.39 is 11.5 Å². The number of hydrogen-bond donors (Lipinski definition) is 2. The number of fused-ring (bicyclic) bond motifs is 1. The first-order chi connectivity index (χ1) is 12.7. The number of nitriles is 1. The molecule has 0 radical (unpaired) electrons. The molecule has 2 N–H and O–H groups in total. The largest absolute Gasteiger partial charge is 0.356 e. The number of nitrogens with one attached hydrogen (secondary N) is 2. The summed E-state index contributed by atoms with van der Waals surface area (Å²) in [5.74, 6) is 0.206. The van der Waals surface area contributed by atoms with Gasteiger partial charge in [0, 0.05) is 18.7 Å². The smallest absolute Gasteiger partial charge is 0.296 e. The Balaban J connectivity index is 1.74. The Bertz CT molecular complexity index is 1070. The van der Waals surface area contributed by atoms with Crippen LogP contribution in [0.3, 0.4) is 0 Å². The van der Waals surface area contributed by atoms with Gasteiger partial charge in [0.05, 0.1) is 6.20 Å². The monoisotopic (exact) mass is 348 g/mol. The number of carbonyl (C=O) groups is 1. The number of anilines is 2. The van der Waals surface area contributed by atoms with Crippen molar-refractivity contribution in [3.05, 3.63) is 58.0 Å². The van der Waals surface area contributed by atoms with Crippen molar-refractivity contribution >= 4 is 23.1 Å². The third-order valence-electron chi connectivity index (χ3n) is 4.46. The molecular formula is C18H16N6O2. The number of benzene rings is 1. The molecule has 26 heavy (non-hydrogen) atoms. The van der Waals surface area contributed by atoms with Crippen LogP contribution in [0.1, 0.15) is 28.8 Å². The molecule has 0 aliphatic carbocycles. The number of carbonyl (C=O) groups excluding carboxylic acids is 1. The Morgan fingerprint density at radius 3 is 2.65 bits per heavy atom. The molecule has 4 rings (SSSR count). The molecule has 1 saturated heterocycles. The van der Waals surface area contributed by atoms with E-state index in [2.05, 4.69) is 21.5 Å². The van der Waals surface area contributed by atoms with Gasteiger partial charge in [-0.05, 0) is 25.0 Å². The average molecular weight is 348 g/mol. The van der Waals surface area contributed by atoms with Gasteiger partial charge in [0.25, 0.3) is 11.5 Å². The fourth-order valence-corrected chi connectivity index (χ4v) is 3.15. The van der Waals surface area contributed by atoms with E-state index in [4.69, 9.17) is 0 Å². The number of aromatic amines is 1. The Labute approximate surface area is 148 Å². The number of aromatic nitrogens is 3. The fourth-order valence-electron chi connectivity index (χ4n) is 3.15. The average Bonchev–Trinajstić information content (AvgIpc) is 3.32. The van der Waals surface area contributed by atoms with E-state index in [1.807, 2.05) is 11.0 Å². The Morgan fingerprint density at radius 1 is 1.23 bits per heavy atom. The summed E-state index contributed by atoms with van der Waals surface area (Å²) in [4.78, 5) is 31.3. The minimum atomic E-state index is -0.457. The topological polar surface area (TPSA) is 106 Å². The van der Waals surface area contributed by atoms with Crippen LogP contribution in [0.5, 0.6) is 0 Å². The summed E-state index contributed by atoms with van der Waals surface area (Å²) in [6.45, 7) is 1.65. The van der Waals surface area contributed by atoms with Crippen LogP contribution in [0.15, 0.2) is 41.3 Å². The van der Waals surface area contributed by atoms with Gasteiger partial charge in [-0.15, -0.1) is 0 Å². The third kappa shape index (κ3) is 2.59. The lowest BCUT2D eigenvalue weighted by atomic mass is 10.2. The maximum Gasteiger partial charge on any atom is 0.296 e. The summed E-state index contributed by atoms with van der Waals surface area (Å²) < 4.78 is 1.22. The second kappa shape index (κ2) is 6.37. The van der Waals surface area contributed by atoms with Gasteiger partial charge in [-0.25, -0.2) is 4.98 Å². The number of H-pyrrole nitrogens is 1. The van der Waals surface area contributed by atoms with Gasteiger partial charge in [-0.3, -0.25) is 14.7 Å². The first-order valence-electron chi connectivity index (χ1n) is 8.34. The van der Waals surface area contributed by atoms with Gasteiger partial charge >= 0.3 is 0 Å². The fraction of sp³-hybridized carbons (Fsp3) is 0.222. The lowest BCUT2D eigenvalue weighted by Gasteiger charge is -2.14. The predicted octanol–water partition coefficient (Wildman–Crippen LogP) is 1.75. The van der Waals surface area contributed by atoms with Crippen LogP contribution in [0.25, 0.3) is 5.65 Å². The summed E-state index contributed by atoms with van der Waals surface area (Å²) in [6.07, 6.45) is 3.38. The molecule has 8 nitrogen and oxygen atoms in total. The number of amides is 1. The second-order valence-electron chi connectivity index (χ2n) is 6.10. The van der Waals surface area contributed by atoms with E-state index in [-0.39, 0.29) is 11.3 Å². The molecule has 1 aromatic carbocycles. The molecule has 0 atom stereocenters. The van der Waals surface area contributed by atoms with E-state index in [9.17, 15) is 14.9 Å². The van der Waals surface area contributed by atoms with Crippen molar-refractivity contribution in [2.24, 2.45) is 0 Å². The molecule has 2 aromatic heterocycles. The Morgan fingerprint density at radius 2 is 1.96 bits per heavy atom. The van der Waals surface area contributed by atoms with Crippen LogP contribution in [0.4, 0.5) is 11.5 Å². The van der Waals surface area contributed by atoms with Crippen LogP contribution in [-0.2, 0) is 0 Å². The standard InChI is InChI=1S/C18H16N6O2/c19-10-13-15-20-11-14(21-17(25)12-6-2-1-3-7-12)18(26)24(15)22-16(13)23-8-4-5-9-23/h1-3,6-7,11,22H,4-5,8-9H2,(H,21,25). The highest BCUT2D eigenvalue weighted by atomic mass is 16.2. The van der Waals surface area contributed by atoms with Crippen LogP contribution in [-0.4, -0.2) is 33.6 Å². The highest BCUT2D eigenvalue weighted by molar-refractivity contribution is 6.04. The van der Waals surface area contributed by atoms with Crippen molar-refractivity contribution in [3.8, 4) is 6.07 Å². The van der Waals surface area contributed by atoms with Crippen molar-refractivity contribution in [1.29, 1.82) is 5.26 Å². The van der Waals surface area contributed by atoms with Gasteiger partial charge in [-0.1, -0.05) is 18.2 Å². The molecule has 0 bridgehead atoms. The van der Waals surface area contributed by atoms with Crippen LogP contribution in [0.2, 0.25) is 0 Å². The highest BCUT2D eigenvalue weighted by Gasteiger charge is 2.22. The van der Waals surface area contributed by atoms with E-state index in [1.54, 1.807) is 24.3 Å². The lowest BCUT2D eigenvalue weighted by molar-refractivity contribution is 0.102. The van der Waals surface area contributed by atoms with Crippen molar-refractivity contribution in [1.82, 2.24) is 14.6 Å². The molecule has 0 saturated carbocycles. The maximum absolute atomic E-state index is 12.7. The molecule has 1 aliphatic rings. The zero-order valence-electron chi connectivity index (χ0n) is 13.9. The molecular weight excluding hydrogens is 332 g/mol. The van der Waals surface area contributed by atoms with Gasteiger partial charge in [-0.2, -0.15) is 9.78 Å². The maximum atomic E-state index is 12.7. The molecule has 130 valence electrons. The predicted molar refractivity (Wildman–Crippen MR) is 96.4 cm³/mol. The Kier molecular flexibility index (Phi) is 3.89. The van der Waals surface area contributed by atoms with E-state index >= 15 is 0 Å². The molecule has 1 fully saturated rings. The summed E-state index contributed by atoms with van der Waals surface area (Å²) in [5, 5.41) is 15.1. The van der Waals surface area contributed by atoms with Gasteiger partial charge in [0.1, 0.15) is 23.1 Å². The second-order valence-corrected chi connectivity index (χ2v) is 6.10. The van der Waals surface area contributed by atoms with Crippen molar-refractivity contribution < 1.29 is 4.79 Å². The summed E-state index contributed by atoms with van der Waals surface area (Å²) in [7, 11) is 0. The number of hydrogen-bond acceptors (Lipinski definition) is 5. The zero-order chi connectivity index (χ0) is 18.1. The molecule has 0 spiro atoms. The molecule has 3 heterocycles. The highest BCUT2D eigenvalue weighted by Crippen LogP contribution is 2.24. The summed E-state index contributed by atoms with van der Waals surface area (Å²) in [6, 6.07) is 10.7. The van der Waals surface area contributed by atoms with Crippen LogP contribution < -0.4 is 15.8 Å². The van der Waals surface area contributed by atoms with E-state index in [0.29, 0.717) is 16.9 Å². The molecule has 0 unspecified atom stereocenters. The Hall–Kier alpha value is -3.60. The minimum absolute atomic E-state index is 0.0510. The van der Waals surface area contributed by atoms with Crippen molar-refractivity contribution in [3.63, 3.8) is 0 Å². The number of rotatable bonds is 3. The first kappa shape index (κ1) is 15.9. The van der Waals surface area contributed by atoms with E-state index in [1.165, 1.54) is 10.7 Å². The summed E-state index contributed by atoms with van der Waals surface area (Å²) >= 11 is 0. The normalized spacial score (nSPS) is 13.7. The van der Waals surface area contributed by atoms with Gasteiger partial charge < -0.3 is 10.2 Å². The quantitative estimate of drug-likeness (QED) is 0.750.